The van der Waals surface area contributed by atoms with E-state index < -0.39 is 11.6 Å². The molecule has 0 fully saturated rings. The number of aryl methyl sites for hydroxylation is 1. The number of nitrogens with one attached hydrogen (secondary N) is 1. The van der Waals surface area contributed by atoms with Gasteiger partial charge in [0.1, 0.15) is 5.69 Å². The third kappa shape index (κ3) is 1.87. The third-order valence-corrected chi connectivity index (χ3v) is 3.18. The highest BCUT2D eigenvalue weighted by molar-refractivity contribution is 9.10. The molecule has 0 saturated heterocycles. The number of aromatic amines is 1. The fourth-order valence-corrected chi connectivity index (χ4v) is 2.12. The first-order valence-electron chi connectivity index (χ1n) is 4.81. The molecule has 84 valence electrons. The van der Waals surface area contributed by atoms with Crippen LogP contribution in [-0.4, -0.2) is 10.2 Å². The maximum absolute atomic E-state index is 13.1. The molecule has 2 aromatic rings. The van der Waals surface area contributed by atoms with Gasteiger partial charge in [-0.3, -0.25) is 5.10 Å². The van der Waals surface area contributed by atoms with Crippen molar-refractivity contribution >= 4 is 15.9 Å². The normalized spacial score (nSPS) is 10.8. The van der Waals surface area contributed by atoms with Crippen molar-refractivity contribution in [2.75, 3.05) is 0 Å². The van der Waals surface area contributed by atoms with Crippen LogP contribution in [-0.2, 0) is 6.42 Å². The minimum absolute atomic E-state index is 0.543. The quantitative estimate of drug-likeness (QED) is 0.896. The molecule has 2 rings (SSSR count). The Balaban J connectivity index is 2.50. The summed E-state index contributed by atoms with van der Waals surface area (Å²) in [5.41, 5.74) is 2.07. The van der Waals surface area contributed by atoms with Gasteiger partial charge in [-0.2, -0.15) is 5.10 Å². The number of nitrogens with zero attached hydrogens (tertiary/aromatic N) is 1. The third-order valence-electron chi connectivity index (χ3n) is 2.32. The molecule has 0 spiro atoms. The molecule has 1 aromatic carbocycles. The Morgan fingerprint density at radius 2 is 2.06 bits per heavy atom. The smallest absolute Gasteiger partial charge is 0.159 e. The maximum atomic E-state index is 13.1. The number of aromatic nitrogens is 2. The first-order valence-corrected chi connectivity index (χ1v) is 5.61. The van der Waals surface area contributed by atoms with Gasteiger partial charge in [-0.05, 0) is 40.5 Å². The summed E-state index contributed by atoms with van der Waals surface area (Å²) < 4.78 is 26.6. The van der Waals surface area contributed by atoms with Gasteiger partial charge in [-0.1, -0.05) is 6.92 Å². The lowest BCUT2D eigenvalue weighted by Gasteiger charge is -1.99. The first-order chi connectivity index (χ1) is 7.63. The highest BCUT2D eigenvalue weighted by atomic mass is 79.9. The average Bonchev–Trinajstić information content (AvgIpc) is 2.64. The highest BCUT2D eigenvalue weighted by Gasteiger charge is 2.12. The van der Waals surface area contributed by atoms with Gasteiger partial charge in [-0.25, -0.2) is 8.78 Å². The van der Waals surface area contributed by atoms with E-state index >= 15 is 0 Å². The molecule has 2 nitrogen and oxygen atoms in total. The van der Waals surface area contributed by atoms with E-state index in [1.807, 2.05) is 6.92 Å². The predicted octanol–water partition coefficient (Wildman–Crippen LogP) is 3.68. The standard InChI is InChI=1S/C11H9BrF2N2/c1-2-9-10(12)11(16-15-9)6-3-4-7(13)8(14)5-6/h3-5H,2H2,1H3,(H,15,16). The number of benzene rings is 1. The molecule has 1 aromatic heterocycles. The zero-order valence-electron chi connectivity index (χ0n) is 8.52. The largest absolute Gasteiger partial charge is 0.281 e. The maximum Gasteiger partial charge on any atom is 0.159 e. The van der Waals surface area contributed by atoms with Crippen molar-refractivity contribution in [2.24, 2.45) is 0 Å². The van der Waals surface area contributed by atoms with E-state index in [-0.39, 0.29) is 0 Å². The minimum Gasteiger partial charge on any atom is -0.281 e. The topological polar surface area (TPSA) is 28.7 Å². The summed E-state index contributed by atoms with van der Waals surface area (Å²) in [6, 6.07) is 3.73. The Labute approximate surface area is 99.8 Å². The Morgan fingerprint density at radius 3 is 2.62 bits per heavy atom. The van der Waals surface area contributed by atoms with Crippen LogP contribution in [0.15, 0.2) is 22.7 Å². The Morgan fingerprint density at radius 1 is 1.31 bits per heavy atom. The predicted molar refractivity (Wildman–Crippen MR) is 61.0 cm³/mol. The van der Waals surface area contributed by atoms with E-state index in [0.29, 0.717) is 11.3 Å². The van der Waals surface area contributed by atoms with Crippen LogP contribution in [0.2, 0.25) is 0 Å². The first kappa shape index (κ1) is 11.3. The number of halogens is 3. The van der Waals surface area contributed by atoms with Crippen LogP contribution >= 0.6 is 15.9 Å². The number of rotatable bonds is 2. The summed E-state index contributed by atoms with van der Waals surface area (Å²) in [4.78, 5) is 0. The molecule has 1 heterocycles. The van der Waals surface area contributed by atoms with Gasteiger partial charge in [0, 0.05) is 11.3 Å². The van der Waals surface area contributed by atoms with Gasteiger partial charge in [0.25, 0.3) is 0 Å². The van der Waals surface area contributed by atoms with Crippen molar-refractivity contribution in [3.63, 3.8) is 0 Å². The number of hydrogen-bond acceptors (Lipinski definition) is 1. The zero-order valence-corrected chi connectivity index (χ0v) is 10.1. The molecule has 0 unspecified atom stereocenters. The summed E-state index contributed by atoms with van der Waals surface area (Å²) in [7, 11) is 0. The molecule has 0 aliphatic carbocycles. The molecule has 0 amide bonds. The SMILES string of the molecule is CCc1[nH]nc(-c2ccc(F)c(F)c2)c1Br. The Hall–Kier alpha value is -1.23. The van der Waals surface area contributed by atoms with Crippen molar-refractivity contribution in [1.29, 1.82) is 0 Å². The van der Waals surface area contributed by atoms with E-state index in [1.54, 1.807) is 0 Å². The fourth-order valence-electron chi connectivity index (χ4n) is 1.43. The van der Waals surface area contributed by atoms with Crippen molar-refractivity contribution in [1.82, 2.24) is 10.2 Å². The van der Waals surface area contributed by atoms with Crippen LogP contribution in [0.4, 0.5) is 8.78 Å². The van der Waals surface area contributed by atoms with Gasteiger partial charge in [0.15, 0.2) is 11.6 Å². The van der Waals surface area contributed by atoms with Crippen LogP contribution in [0, 0.1) is 11.6 Å². The van der Waals surface area contributed by atoms with Gasteiger partial charge < -0.3 is 0 Å². The van der Waals surface area contributed by atoms with E-state index in [9.17, 15) is 8.78 Å². The van der Waals surface area contributed by atoms with E-state index in [1.165, 1.54) is 6.07 Å². The molecular formula is C11H9BrF2N2. The molecule has 0 radical (unpaired) electrons. The van der Waals surface area contributed by atoms with Crippen LogP contribution in [0.25, 0.3) is 11.3 Å². The monoisotopic (exact) mass is 286 g/mol. The number of hydrogen-bond donors (Lipinski definition) is 1. The molecular weight excluding hydrogens is 278 g/mol. The highest BCUT2D eigenvalue weighted by Crippen LogP contribution is 2.29. The van der Waals surface area contributed by atoms with Crippen LogP contribution in [0.5, 0.6) is 0 Å². The van der Waals surface area contributed by atoms with Crippen molar-refractivity contribution in [3.05, 3.63) is 40.0 Å². The molecule has 5 heteroatoms. The summed E-state index contributed by atoms with van der Waals surface area (Å²) in [6.45, 7) is 1.98. The minimum atomic E-state index is -0.870. The van der Waals surface area contributed by atoms with E-state index in [2.05, 4.69) is 26.1 Å². The van der Waals surface area contributed by atoms with Crippen LogP contribution in [0.1, 0.15) is 12.6 Å². The lowest BCUT2D eigenvalue weighted by atomic mass is 10.1. The van der Waals surface area contributed by atoms with Crippen LogP contribution < -0.4 is 0 Å². The lowest BCUT2D eigenvalue weighted by molar-refractivity contribution is 0.509. The zero-order chi connectivity index (χ0) is 11.7. The second-order valence-electron chi connectivity index (χ2n) is 3.35. The van der Waals surface area contributed by atoms with Gasteiger partial charge in [0.05, 0.1) is 4.47 Å². The van der Waals surface area contributed by atoms with Crippen molar-refractivity contribution in [3.8, 4) is 11.3 Å². The van der Waals surface area contributed by atoms with E-state index in [0.717, 1.165) is 28.7 Å². The Bertz CT molecular complexity index is 523. The van der Waals surface area contributed by atoms with Gasteiger partial charge in [-0.15, -0.1) is 0 Å². The molecule has 0 saturated carbocycles. The van der Waals surface area contributed by atoms with Gasteiger partial charge in [0.2, 0.25) is 0 Å². The lowest BCUT2D eigenvalue weighted by Crippen LogP contribution is -1.86. The number of H-pyrrole nitrogens is 1. The fraction of sp³-hybridized carbons (Fsp3) is 0.182. The second kappa shape index (κ2) is 4.33. The van der Waals surface area contributed by atoms with Gasteiger partial charge >= 0.3 is 0 Å². The van der Waals surface area contributed by atoms with E-state index in [4.69, 9.17) is 0 Å². The second-order valence-corrected chi connectivity index (χ2v) is 4.14. The van der Waals surface area contributed by atoms with Crippen LogP contribution in [0.3, 0.4) is 0 Å². The van der Waals surface area contributed by atoms with Crippen molar-refractivity contribution < 1.29 is 8.78 Å². The molecule has 0 bridgehead atoms. The summed E-state index contributed by atoms with van der Waals surface area (Å²) >= 11 is 3.38. The molecule has 0 atom stereocenters. The molecule has 1 N–H and O–H groups in total. The molecule has 0 aliphatic heterocycles. The Kier molecular flexibility index (Phi) is 3.05. The molecule has 0 aliphatic rings. The van der Waals surface area contributed by atoms with Crippen molar-refractivity contribution in [2.45, 2.75) is 13.3 Å². The summed E-state index contributed by atoms with van der Waals surface area (Å²) in [5.74, 6) is -1.73. The molecule has 16 heavy (non-hydrogen) atoms. The average molecular weight is 287 g/mol. The summed E-state index contributed by atoms with van der Waals surface area (Å²) in [5, 5.41) is 6.91. The summed E-state index contributed by atoms with van der Waals surface area (Å²) in [6.07, 6.45) is 0.789.